The van der Waals surface area contributed by atoms with Gasteiger partial charge in [0.25, 0.3) is 5.69 Å². The molecule has 1 aromatic rings. The Bertz CT molecular complexity index is 371. The van der Waals surface area contributed by atoms with Gasteiger partial charge >= 0.3 is 11.8 Å². The number of thioether (sulfide) groups is 1. The summed E-state index contributed by atoms with van der Waals surface area (Å²) in [7, 11) is 0. The number of hydrogen-bond acceptors (Lipinski definition) is 7. The number of anilines is 1. The molecule has 0 aliphatic carbocycles. The van der Waals surface area contributed by atoms with Crippen molar-refractivity contribution >= 4 is 29.3 Å². The van der Waals surface area contributed by atoms with Gasteiger partial charge in [0.05, 0.1) is 16.7 Å². The molecule has 0 amide bonds. The van der Waals surface area contributed by atoms with Crippen molar-refractivity contribution in [2.24, 2.45) is 0 Å². The number of carbonyl (C=O) groups excluding carboxylic acids is 1. The average molecular weight is 233 g/mol. The van der Waals surface area contributed by atoms with Crippen LogP contribution in [0.15, 0.2) is 4.63 Å². The fourth-order valence-electron chi connectivity index (χ4n) is 0.803. The maximum Gasteiger partial charge on any atom is 0.316 e. The summed E-state index contributed by atoms with van der Waals surface area (Å²) in [5.74, 6) is -2.35. The van der Waals surface area contributed by atoms with Crippen LogP contribution in [0.4, 0.5) is 5.82 Å². The molecule has 0 saturated heterocycles. The molecule has 82 valence electrons. The molecule has 0 saturated carbocycles. The van der Waals surface area contributed by atoms with E-state index in [2.05, 4.69) is 9.79 Å². The molecule has 0 unspecified atom stereocenters. The molecular weight excluding hydrogens is 226 g/mol. The molecular formula is C6H7N3O5S. The van der Waals surface area contributed by atoms with Crippen LogP contribution >= 0.6 is 11.8 Å². The van der Waals surface area contributed by atoms with Gasteiger partial charge in [0, 0.05) is 0 Å². The molecule has 0 aliphatic heterocycles. The van der Waals surface area contributed by atoms with Crippen LogP contribution < -0.4 is 10.6 Å². The van der Waals surface area contributed by atoms with Crippen molar-refractivity contribution in [1.29, 1.82) is 0 Å². The van der Waals surface area contributed by atoms with E-state index in [0.29, 0.717) is 0 Å². The number of Topliss-reactive ketones (excluding diaryl/α,β-unsaturated/α-hetero) is 1. The molecule has 0 aliphatic rings. The standard InChI is InChI=1S/C6H7N3O5S/c7-6-5(9(13)14-8-6)3(10)1-15-2-4(11)12/h1-2H2,(H2,7,8)(H,11,12). The van der Waals surface area contributed by atoms with Crippen LogP contribution in [0.1, 0.15) is 10.5 Å². The van der Waals surface area contributed by atoms with Gasteiger partial charge in [-0.15, -0.1) is 11.8 Å². The zero-order chi connectivity index (χ0) is 11.4. The summed E-state index contributed by atoms with van der Waals surface area (Å²) in [6, 6.07) is 0. The number of aromatic nitrogens is 2. The Labute approximate surface area is 87.6 Å². The van der Waals surface area contributed by atoms with E-state index >= 15 is 0 Å². The number of hydrogen-bond donors (Lipinski definition) is 2. The Hall–Kier alpha value is -1.77. The molecule has 8 nitrogen and oxygen atoms in total. The Morgan fingerprint density at radius 2 is 2.27 bits per heavy atom. The summed E-state index contributed by atoms with van der Waals surface area (Å²) >= 11 is 0.859. The number of carbonyl (C=O) groups is 2. The lowest BCUT2D eigenvalue weighted by Gasteiger charge is -1.95. The summed E-state index contributed by atoms with van der Waals surface area (Å²) in [4.78, 5) is 21.4. The van der Waals surface area contributed by atoms with Gasteiger partial charge in [-0.25, -0.2) is 0 Å². The Balaban J connectivity index is 2.58. The van der Waals surface area contributed by atoms with Crippen LogP contribution in [-0.4, -0.2) is 33.5 Å². The lowest BCUT2D eigenvalue weighted by atomic mass is 10.3. The van der Waals surface area contributed by atoms with E-state index in [1.807, 2.05) is 0 Å². The van der Waals surface area contributed by atoms with Crippen molar-refractivity contribution in [3.63, 3.8) is 0 Å². The van der Waals surface area contributed by atoms with Crippen LogP contribution in [0.5, 0.6) is 0 Å². The summed E-state index contributed by atoms with van der Waals surface area (Å²) < 4.78 is 4.08. The largest absolute Gasteiger partial charge is 0.481 e. The summed E-state index contributed by atoms with van der Waals surface area (Å²) in [5, 5.41) is 22.2. The van der Waals surface area contributed by atoms with Gasteiger partial charge in [-0.1, -0.05) is 0 Å². The van der Waals surface area contributed by atoms with Gasteiger partial charge in [0.15, 0.2) is 0 Å². The van der Waals surface area contributed by atoms with Crippen LogP contribution in [0.25, 0.3) is 0 Å². The minimum absolute atomic E-state index is 0.0982. The molecule has 1 rings (SSSR count). The van der Waals surface area contributed by atoms with Crippen LogP contribution in [0.2, 0.25) is 0 Å². The molecule has 0 atom stereocenters. The smallest absolute Gasteiger partial charge is 0.316 e. The summed E-state index contributed by atoms with van der Waals surface area (Å²) in [6.45, 7) is 0. The molecule has 1 heterocycles. The first-order valence-corrected chi connectivity index (χ1v) is 4.85. The second kappa shape index (κ2) is 4.64. The molecule has 0 aromatic carbocycles. The Morgan fingerprint density at radius 1 is 1.60 bits per heavy atom. The predicted octanol–water partition coefficient (Wildman–Crippen LogP) is -1.11. The first kappa shape index (κ1) is 11.3. The van der Waals surface area contributed by atoms with Crippen molar-refractivity contribution in [1.82, 2.24) is 5.16 Å². The van der Waals surface area contributed by atoms with E-state index in [4.69, 9.17) is 10.8 Å². The van der Waals surface area contributed by atoms with Gasteiger partial charge in [-0.05, 0) is 4.90 Å². The Kier molecular flexibility index (Phi) is 3.50. The molecule has 9 heteroatoms. The third kappa shape index (κ3) is 2.84. The first-order chi connectivity index (χ1) is 7.02. The number of carboxylic acids is 1. The zero-order valence-electron chi connectivity index (χ0n) is 7.37. The number of ketones is 1. The van der Waals surface area contributed by atoms with E-state index in [1.165, 1.54) is 0 Å². The maximum atomic E-state index is 11.3. The number of nitrogens with zero attached hydrogens (tertiary/aromatic N) is 2. The molecule has 0 radical (unpaired) electrons. The minimum Gasteiger partial charge on any atom is -0.481 e. The van der Waals surface area contributed by atoms with E-state index < -0.39 is 17.4 Å². The fourth-order valence-corrected chi connectivity index (χ4v) is 1.40. The zero-order valence-corrected chi connectivity index (χ0v) is 8.19. The van der Waals surface area contributed by atoms with Crippen molar-refractivity contribution in [2.75, 3.05) is 17.2 Å². The van der Waals surface area contributed by atoms with Crippen molar-refractivity contribution in [3.05, 3.63) is 10.9 Å². The number of nitrogens with two attached hydrogens (primary N) is 1. The normalized spacial score (nSPS) is 10.1. The second-order valence-electron chi connectivity index (χ2n) is 2.47. The highest BCUT2D eigenvalue weighted by atomic mass is 32.2. The van der Waals surface area contributed by atoms with Gasteiger partial charge < -0.3 is 16.0 Å². The average Bonchev–Trinajstić information content (AvgIpc) is 2.45. The SMILES string of the molecule is Nc1no[n+]([O-])c1C(=O)CSCC(=O)O. The van der Waals surface area contributed by atoms with Gasteiger partial charge in [0.1, 0.15) is 0 Å². The topological polar surface area (TPSA) is 133 Å². The highest BCUT2D eigenvalue weighted by Crippen LogP contribution is 2.08. The maximum absolute atomic E-state index is 11.3. The molecule has 1 aromatic heterocycles. The van der Waals surface area contributed by atoms with Gasteiger partial charge in [0.2, 0.25) is 5.78 Å². The molecule has 15 heavy (non-hydrogen) atoms. The summed E-state index contributed by atoms with van der Waals surface area (Å²) in [5.41, 5.74) is 4.81. The lowest BCUT2D eigenvalue weighted by Crippen LogP contribution is -2.32. The highest BCUT2D eigenvalue weighted by molar-refractivity contribution is 8.00. The number of rotatable bonds is 5. The van der Waals surface area contributed by atoms with Gasteiger partial charge in [-0.2, -0.15) is 0 Å². The lowest BCUT2D eigenvalue weighted by molar-refractivity contribution is -0.803. The number of nitrogen functional groups attached to an aromatic ring is 1. The minimum atomic E-state index is -1.04. The number of carboxylic acid groups (broad SMARTS) is 1. The monoisotopic (exact) mass is 233 g/mol. The van der Waals surface area contributed by atoms with Crippen LogP contribution in [0.3, 0.4) is 0 Å². The van der Waals surface area contributed by atoms with E-state index in [-0.39, 0.29) is 22.2 Å². The quantitative estimate of drug-likeness (QED) is 0.483. The van der Waals surface area contributed by atoms with E-state index in [9.17, 15) is 14.8 Å². The number of aliphatic carboxylic acids is 1. The molecule has 0 spiro atoms. The molecule has 0 bridgehead atoms. The van der Waals surface area contributed by atoms with Gasteiger partial charge in [-0.3, -0.25) is 14.2 Å². The highest BCUT2D eigenvalue weighted by Gasteiger charge is 2.24. The first-order valence-electron chi connectivity index (χ1n) is 3.70. The molecule has 0 fully saturated rings. The third-order valence-electron chi connectivity index (χ3n) is 1.36. The predicted molar refractivity (Wildman–Crippen MR) is 49.2 cm³/mol. The third-order valence-corrected chi connectivity index (χ3v) is 2.28. The van der Waals surface area contributed by atoms with Crippen molar-refractivity contribution in [3.8, 4) is 0 Å². The molecule has 3 N–H and O–H groups in total. The Morgan fingerprint density at radius 3 is 2.73 bits per heavy atom. The van der Waals surface area contributed by atoms with Crippen molar-refractivity contribution in [2.45, 2.75) is 0 Å². The van der Waals surface area contributed by atoms with E-state index in [0.717, 1.165) is 11.8 Å². The summed E-state index contributed by atoms with van der Waals surface area (Å²) in [6.07, 6.45) is 0. The van der Waals surface area contributed by atoms with E-state index in [1.54, 1.807) is 0 Å². The van der Waals surface area contributed by atoms with Crippen molar-refractivity contribution < 1.29 is 24.2 Å². The van der Waals surface area contributed by atoms with Crippen LogP contribution in [-0.2, 0) is 4.79 Å². The van der Waals surface area contributed by atoms with Crippen LogP contribution in [0, 0.1) is 5.21 Å². The fraction of sp³-hybridized carbons (Fsp3) is 0.333. The second-order valence-corrected chi connectivity index (χ2v) is 3.46.